The number of nitrogens with zero attached hydrogens (tertiary/aromatic N) is 1. The summed E-state index contributed by atoms with van der Waals surface area (Å²) in [6.07, 6.45) is 3.77. The molecule has 3 rings (SSSR count). The fraction of sp³-hybridized carbons (Fsp3) is 0.364. The first-order valence-corrected chi connectivity index (χ1v) is 11.0. The lowest BCUT2D eigenvalue weighted by atomic mass is 9.97. The molecule has 0 bridgehead atoms. The zero-order chi connectivity index (χ0) is 20.0. The Balaban J connectivity index is 1.59. The van der Waals surface area contributed by atoms with Crippen LogP contribution in [0.15, 0.2) is 64.9 Å². The van der Waals surface area contributed by atoms with Crippen LogP contribution in [0.25, 0.3) is 0 Å². The van der Waals surface area contributed by atoms with Crippen molar-refractivity contribution in [3.8, 4) is 11.5 Å². The summed E-state index contributed by atoms with van der Waals surface area (Å²) in [4.78, 5) is 2.63. The van der Waals surface area contributed by atoms with Crippen LogP contribution >= 0.6 is 0 Å². The van der Waals surface area contributed by atoms with Crippen LogP contribution in [0.3, 0.4) is 0 Å². The highest BCUT2D eigenvalue weighted by Gasteiger charge is 2.19. The van der Waals surface area contributed by atoms with E-state index in [0.29, 0.717) is 11.5 Å². The summed E-state index contributed by atoms with van der Waals surface area (Å²) in [5.41, 5.74) is 1.31. The standard InChI is InChI=1S/C22H27NO4S/c1-26-21-9-8-20(16-22(21)27-2)28(24,25)15-12-18-10-13-23(14-11-18)17-19-6-4-3-5-7-19/h3-9,12,15-16,18H,10-11,13-14,17H2,1-2H3/b15-12+. The van der Waals surface area contributed by atoms with Gasteiger partial charge in [0.1, 0.15) is 0 Å². The van der Waals surface area contributed by atoms with Crippen molar-refractivity contribution in [1.82, 2.24) is 4.90 Å². The molecule has 1 fully saturated rings. The molecule has 0 saturated carbocycles. The molecule has 1 heterocycles. The van der Waals surface area contributed by atoms with Gasteiger partial charge in [0.05, 0.1) is 19.1 Å². The van der Waals surface area contributed by atoms with Crippen molar-refractivity contribution in [1.29, 1.82) is 0 Å². The van der Waals surface area contributed by atoms with Crippen LogP contribution in [0.2, 0.25) is 0 Å². The van der Waals surface area contributed by atoms with Crippen LogP contribution in [0.4, 0.5) is 0 Å². The highest BCUT2D eigenvalue weighted by molar-refractivity contribution is 7.94. The van der Waals surface area contributed by atoms with Gasteiger partial charge in [0.15, 0.2) is 21.3 Å². The molecule has 0 aromatic heterocycles. The quantitative estimate of drug-likeness (QED) is 0.704. The second-order valence-corrected chi connectivity index (χ2v) is 8.82. The molecule has 2 aromatic rings. The number of hydrogen-bond donors (Lipinski definition) is 0. The van der Waals surface area contributed by atoms with Crippen molar-refractivity contribution in [2.75, 3.05) is 27.3 Å². The molecular formula is C22H27NO4S. The van der Waals surface area contributed by atoms with Crippen LogP contribution in [0, 0.1) is 5.92 Å². The van der Waals surface area contributed by atoms with Crippen molar-refractivity contribution < 1.29 is 17.9 Å². The Bertz CT molecular complexity index is 901. The molecule has 6 heteroatoms. The largest absolute Gasteiger partial charge is 0.493 e. The average Bonchev–Trinajstić information content (AvgIpc) is 2.73. The molecule has 0 radical (unpaired) electrons. The van der Waals surface area contributed by atoms with Gasteiger partial charge in [0, 0.05) is 18.0 Å². The molecule has 1 aliphatic rings. The second kappa shape index (κ2) is 9.26. The maximum Gasteiger partial charge on any atom is 0.199 e. The number of ether oxygens (including phenoxy) is 2. The summed E-state index contributed by atoms with van der Waals surface area (Å²) in [5.74, 6) is 1.20. The summed E-state index contributed by atoms with van der Waals surface area (Å²) in [5, 5.41) is 1.34. The molecule has 150 valence electrons. The Morgan fingerprint density at radius 2 is 1.68 bits per heavy atom. The lowest BCUT2D eigenvalue weighted by molar-refractivity contribution is 0.196. The zero-order valence-corrected chi connectivity index (χ0v) is 17.2. The van der Waals surface area contributed by atoms with Crippen molar-refractivity contribution >= 4 is 9.84 Å². The Morgan fingerprint density at radius 3 is 2.32 bits per heavy atom. The smallest absolute Gasteiger partial charge is 0.199 e. The predicted octanol–water partition coefficient (Wildman–Crippen LogP) is 3.90. The van der Waals surface area contributed by atoms with E-state index in [1.807, 2.05) is 12.1 Å². The van der Waals surface area contributed by atoms with Crippen LogP contribution in [-0.2, 0) is 16.4 Å². The third-order valence-electron chi connectivity index (χ3n) is 5.09. The SMILES string of the molecule is COc1ccc(S(=O)(=O)/C=C/C2CCN(Cc3ccccc3)CC2)cc1OC. The van der Waals surface area contributed by atoms with E-state index in [0.717, 1.165) is 32.5 Å². The van der Waals surface area contributed by atoms with Crippen molar-refractivity contribution in [2.24, 2.45) is 5.92 Å². The lowest BCUT2D eigenvalue weighted by Gasteiger charge is -2.30. The minimum absolute atomic E-state index is 0.211. The molecule has 28 heavy (non-hydrogen) atoms. The van der Waals surface area contributed by atoms with Gasteiger partial charge in [-0.05, 0) is 49.5 Å². The summed E-state index contributed by atoms with van der Waals surface area (Å²) >= 11 is 0. The molecule has 2 aromatic carbocycles. The summed E-state index contributed by atoms with van der Waals surface area (Å²) in [6, 6.07) is 15.1. The minimum Gasteiger partial charge on any atom is -0.493 e. The van der Waals surface area contributed by atoms with E-state index >= 15 is 0 Å². The van der Waals surface area contributed by atoms with Gasteiger partial charge in [-0.15, -0.1) is 0 Å². The van der Waals surface area contributed by atoms with E-state index in [1.54, 1.807) is 12.1 Å². The zero-order valence-electron chi connectivity index (χ0n) is 16.4. The van der Waals surface area contributed by atoms with Crippen LogP contribution < -0.4 is 9.47 Å². The summed E-state index contributed by atoms with van der Waals surface area (Å²) < 4.78 is 35.7. The lowest BCUT2D eigenvalue weighted by Crippen LogP contribution is -2.32. The molecule has 0 spiro atoms. The third kappa shape index (κ3) is 5.14. The van der Waals surface area contributed by atoms with Gasteiger partial charge >= 0.3 is 0 Å². The van der Waals surface area contributed by atoms with Gasteiger partial charge in [0.25, 0.3) is 0 Å². The van der Waals surface area contributed by atoms with E-state index in [9.17, 15) is 8.42 Å². The second-order valence-electron chi connectivity index (χ2n) is 6.99. The topological polar surface area (TPSA) is 55.8 Å². The molecule has 0 aliphatic carbocycles. The van der Waals surface area contributed by atoms with Crippen LogP contribution in [0.5, 0.6) is 11.5 Å². The molecule has 0 amide bonds. The van der Waals surface area contributed by atoms with Crippen molar-refractivity contribution in [3.63, 3.8) is 0 Å². The van der Waals surface area contributed by atoms with Crippen molar-refractivity contribution in [2.45, 2.75) is 24.3 Å². The normalized spacial score (nSPS) is 16.4. The first-order chi connectivity index (χ1) is 13.5. The molecular weight excluding hydrogens is 374 g/mol. The van der Waals surface area contributed by atoms with E-state index in [1.165, 1.54) is 31.3 Å². The number of piperidine rings is 1. The Kier molecular flexibility index (Phi) is 6.75. The van der Waals surface area contributed by atoms with Gasteiger partial charge in [-0.25, -0.2) is 8.42 Å². The van der Waals surface area contributed by atoms with E-state index in [4.69, 9.17) is 9.47 Å². The number of methoxy groups -OCH3 is 2. The highest BCUT2D eigenvalue weighted by Crippen LogP contribution is 2.30. The molecule has 1 aliphatic heterocycles. The third-order valence-corrected chi connectivity index (χ3v) is 6.52. The molecule has 1 saturated heterocycles. The maximum absolute atomic E-state index is 12.7. The van der Waals surface area contributed by atoms with Gasteiger partial charge in [0.2, 0.25) is 0 Å². The number of rotatable bonds is 7. The predicted molar refractivity (Wildman–Crippen MR) is 110 cm³/mol. The average molecular weight is 402 g/mol. The Hall–Kier alpha value is -2.31. The van der Waals surface area contributed by atoms with Crippen LogP contribution in [-0.4, -0.2) is 40.6 Å². The van der Waals surface area contributed by atoms with E-state index in [-0.39, 0.29) is 10.8 Å². The first-order valence-electron chi connectivity index (χ1n) is 9.43. The Labute approximate surface area is 167 Å². The van der Waals surface area contributed by atoms with Gasteiger partial charge in [-0.3, -0.25) is 4.90 Å². The fourth-order valence-electron chi connectivity index (χ4n) is 3.43. The molecule has 0 unspecified atom stereocenters. The number of allylic oxidation sites excluding steroid dienone is 1. The van der Waals surface area contributed by atoms with Crippen molar-refractivity contribution in [3.05, 3.63) is 65.6 Å². The number of benzene rings is 2. The first kappa shape index (κ1) is 20.4. The number of likely N-dealkylation sites (tertiary alicyclic amines) is 1. The number of sulfone groups is 1. The van der Waals surface area contributed by atoms with Gasteiger partial charge in [-0.2, -0.15) is 0 Å². The molecule has 0 atom stereocenters. The van der Waals surface area contributed by atoms with Crippen LogP contribution in [0.1, 0.15) is 18.4 Å². The van der Waals surface area contributed by atoms with E-state index < -0.39 is 9.84 Å². The molecule has 5 nitrogen and oxygen atoms in total. The Morgan fingerprint density at radius 1 is 1.00 bits per heavy atom. The highest BCUT2D eigenvalue weighted by atomic mass is 32.2. The summed E-state index contributed by atoms with van der Waals surface area (Å²) in [6.45, 7) is 2.89. The van der Waals surface area contributed by atoms with Gasteiger partial charge in [-0.1, -0.05) is 36.4 Å². The maximum atomic E-state index is 12.7. The minimum atomic E-state index is -3.51. The monoisotopic (exact) mass is 401 g/mol. The summed E-state index contributed by atoms with van der Waals surface area (Å²) in [7, 11) is -0.492. The number of hydrogen-bond acceptors (Lipinski definition) is 5. The molecule has 0 N–H and O–H groups in total. The van der Waals surface area contributed by atoms with Gasteiger partial charge < -0.3 is 9.47 Å². The van der Waals surface area contributed by atoms with E-state index in [2.05, 4.69) is 29.2 Å². The fourth-order valence-corrected chi connectivity index (χ4v) is 4.55.